The van der Waals surface area contributed by atoms with Crippen LogP contribution in [-0.4, -0.2) is 20.9 Å². The van der Waals surface area contributed by atoms with E-state index in [1.165, 1.54) is 0 Å². The summed E-state index contributed by atoms with van der Waals surface area (Å²) >= 11 is 0. The number of aryl methyl sites for hydroxylation is 1. The molecule has 0 aliphatic heterocycles. The number of nitrogens with two attached hydrogens (primary N) is 2. The minimum atomic E-state index is -3.79. The van der Waals surface area contributed by atoms with E-state index in [-0.39, 0.29) is 4.90 Å². The van der Waals surface area contributed by atoms with Gasteiger partial charge in [-0.2, -0.15) is 0 Å². The van der Waals surface area contributed by atoms with Gasteiger partial charge in [-0.3, -0.25) is 4.79 Å². The highest BCUT2D eigenvalue weighted by Gasteiger charge is 2.22. The number of hydrogen-bond donors (Lipinski definition) is 3. The molecule has 0 radical (unpaired) electrons. The molecule has 18 heavy (non-hydrogen) atoms. The molecule has 0 unspecified atom stereocenters. The summed E-state index contributed by atoms with van der Waals surface area (Å²) in [5.74, 6) is -0.741. The van der Waals surface area contributed by atoms with E-state index in [0.29, 0.717) is 16.8 Å². The Hall–Kier alpha value is -1.60. The van der Waals surface area contributed by atoms with Crippen LogP contribution < -0.4 is 16.2 Å². The fourth-order valence-electron chi connectivity index (χ4n) is 1.68. The molecule has 0 aliphatic rings. The van der Waals surface area contributed by atoms with E-state index in [1.807, 2.05) is 0 Å². The molecule has 0 atom stereocenters. The number of anilines is 1. The van der Waals surface area contributed by atoms with Crippen LogP contribution in [0.2, 0.25) is 0 Å². The lowest BCUT2D eigenvalue weighted by Crippen LogP contribution is -2.34. The molecule has 7 heteroatoms. The number of nitrogen functional groups attached to an aromatic ring is 1. The topological polar surface area (TPSA) is 115 Å². The summed E-state index contributed by atoms with van der Waals surface area (Å²) in [5.41, 5.74) is 12.9. The van der Waals surface area contributed by atoms with Crippen molar-refractivity contribution < 1.29 is 13.2 Å². The van der Waals surface area contributed by atoms with Crippen molar-refractivity contribution in [2.45, 2.75) is 25.7 Å². The van der Waals surface area contributed by atoms with E-state index >= 15 is 0 Å². The second-order valence-corrected chi connectivity index (χ2v) is 5.86. The summed E-state index contributed by atoms with van der Waals surface area (Å²) in [7, 11) is -3.79. The molecule has 0 spiro atoms. The van der Waals surface area contributed by atoms with Crippen LogP contribution in [0.4, 0.5) is 5.69 Å². The van der Waals surface area contributed by atoms with Crippen molar-refractivity contribution in [2.75, 3.05) is 12.3 Å². The van der Waals surface area contributed by atoms with Crippen LogP contribution in [0.1, 0.15) is 16.7 Å². The van der Waals surface area contributed by atoms with Crippen molar-refractivity contribution in [3.63, 3.8) is 0 Å². The van der Waals surface area contributed by atoms with Crippen molar-refractivity contribution in [3.8, 4) is 0 Å². The Kier molecular flexibility index (Phi) is 3.98. The third-order valence-electron chi connectivity index (χ3n) is 2.78. The highest BCUT2D eigenvalue weighted by Crippen LogP contribution is 2.27. The van der Waals surface area contributed by atoms with E-state index in [2.05, 4.69) is 4.72 Å². The predicted octanol–water partition coefficient (Wildman–Crippen LogP) is -0.0423. The smallest absolute Gasteiger partial charge is 0.241 e. The predicted molar refractivity (Wildman–Crippen MR) is 69.4 cm³/mol. The Morgan fingerprint density at radius 1 is 1.28 bits per heavy atom. The lowest BCUT2D eigenvalue weighted by molar-refractivity contribution is -0.116. The molecule has 0 fully saturated rings. The van der Waals surface area contributed by atoms with Gasteiger partial charge in [0.15, 0.2) is 0 Å². The molecule has 1 amide bonds. The number of carbonyl (C=O) groups is 1. The molecule has 0 heterocycles. The third-order valence-corrected chi connectivity index (χ3v) is 4.46. The van der Waals surface area contributed by atoms with Gasteiger partial charge in [-0.1, -0.05) is 0 Å². The van der Waals surface area contributed by atoms with E-state index < -0.39 is 22.5 Å². The van der Waals surface area contributed by atoms with Crippen molar-refractivity contribution in [2.24, 2.45) is 5.73 Å². The van der Waals surface area contributed by atoms with Gasteiger partial charge in [-0.25, -0.2) is 13.1 Å². The summed E-state index contributed by atoms with van der Waals surface area (Å²) in [4.78, 5) is 10.8. The zero-order valence-electron chi connectivity index (χ0n) is 10.6. The van der Waals surface area contributed by atoms with Gasteiger partial charge in [0, 0.05) is 5.69 Å². The third kappa shape index (κ3) is 2.80. The molecule has 0 aromatic heterocycles. The quantitative estimate of drug-likeness (QED) is 0.666. The Labute approximate surface area is 106 Å². The number of rotatable bonds is 4. The summed E-state index contributed by atoms with van der Waals surface area (Å²) < 4.78 is 26.4. The molecule has 5 N–H and O–H groups in total. The van der Waals surface area contributed by atoms with E-state index in [4.69, 9.17) is 11.5 Å². The second-order valence-electron chi connectivity index (χ2n) is 4.15. The largest absolute Gasteiger partial charge is 0.398 e. The maximum atomic E-state index is 12.1. The SMILES string of the molecule is Cc1cc(N)c(C)c(S(=O)(=O)NCC(N)=O)c1C. The summed E-state index contributed by atoms with van der Waals surface area (Å²) in [6.45, 7) is 4.66. The molecule has 0 aliphatic carbocycles. The Morgan fingerprint density at radius 3 is 2.33 bits per heavy atom. The van der Waals surface area contributed by atoms with Gasteiger partial charge in [-0.05, 0) is 43.5 Å². The Bertz CT molecular complexity index is 568. The first-order valence-electron chi connectivity index (χ1n) is 5.31. The monoisotopic (exact) mass is 271 g/mol. The molecule has 100 valence electrons. The fourth-order valence-corrected chi connectivity index (χ4v) is 3.24. The summed E-state index contributed by atoms with van der Waals surface area (Å²) in [6.07, 6.45) is 0. The number of carbonyl (C=O) groups excluding carboxylic acids is 1. The van der Waals surface area contributed by atoms with Crippen LogP contribution in [0.3, 0.4) is 0 Å². The lowest BCUT2D eigenvalue weighted by Gasteiger charge is -2.15. The number of nitrogens with one attached hydrogen (secondary N) is 1. The van der Waals surface area contributed by atoms with Crippen LogP contribution in [0.15, 0.2) is 11.0 Å². The van der Waals surface area contributed by atoms with Crippen LogP contribution in [0.25, 0.3) is 0 Å². The zero-order valence-corrected chi connectivity index (χ0v) is 11.4. The fraction of sp³-hybridized carbons (Fsp3) is 0.364. The summed E-state index contributed by atoms with van der Waals surface area (Å²) in [5, 5.41) is 0. The van der Waals surface area contributed by atoms with Crippen LogP contribution in [0, 0.1) is 20.8 Å². The highest BCUT2D eigenvalue weighted by molar-refractivity contribution is 7.89. The molecule has 0 saturated carbocycles. The molecule has 6 nitrogen and oxygen atoms in total. The highest BCUT2D eigenvalue weighted by atomic mass is 32.2. The van der Waals surface area contributed by atoms with E-state index in [0.717, 1.165) is 5.56 Å². The molecule has 1 aromatic carbocycles. The minimum absolute atomic E-state index is 0.112. The van der Waals surface area contributed by atoms with Crippen molar-refractivity contribution >= 4 is 21.6 Å². The molecule has 1 aromatic rings. The standard InChI is InChI=1S/C11H17N3O3S/c1-6-4-9(12)8(3)11(7(6)2)18(16,17)14-5-10(13)15/h4,14H,5,12H2,1-3H3,(H2,13,15). The average molecular weight is 271 g/mol. The van der Waals surface area contributed by atoms with Crippen molar-refractivity contribution in [1.29, 1.82) is 0 Å². The first-order valence-corrected chi connectivity index (χ1v) is 6.79. The van der Waals surface area contributed by atoms with Gasteiger partial charge < -0.3 is 11.5 Å². The molecule has 1 rings (SSSR count). The van der Waals surface area contributed by atoms with Gasteiger partial charge in [0.25, 0.3) is 0 Å². The molecular weight excluding hydrogens is 254 g/mol. The first kappa shape index (κ1) is 14.5. The van der Waals surface area contributed by atoms with E-state index in [9.17, 15) is 13.2 Å². The maximum absolute atomic E-state index is 12.1. The molecule has 0 saturated heterocycles. The van der Waals surface area contributed by atoms with Gasteiger partial charge in [0.05, 0.1) is 11.4 Å². The number of amides is 1. The van der Waals surface area contributed by atoms with Crippen molar-refractivity contribution in [3.05, 3.63) is 22.8 Å². The Balaban J connectivity index is 3.36. The van der Waals surface area contributed by atoms with Crippen molar-refractivity contribution in [1.82, 2.24) is 4.72 Å². The first-order chi connectivity index (χ1) is 8.16. The minimum Gasteiger partial charge on any atom is -0.398 e. The van der Waals surface area contributed by atoms with E-state index in [1.54, 1.807) is 26.8 Å². The number of sulfonamides is 1. The average Bonchev–Trinajstić information content (AvgIpc) is 2.24. The normalized spacial score (nSPS) is 11.5. The van der Waals surface area contributed by atoms with Gasteiger partial charge in [0.2, 0.25) is 15.9 Å². The van der Waals surface area contributed by atoms with Gasteiger partial charge >= 0.3 is 0 Å². The maximum Gasteiger partial charge on any atom is 0.241 e. The van der Waals surface area contributed by atoms with Crippen LogP contribution in [-0.2, 0) is 14.8 Å². The number of primary amides is 1. The van der Waals surface area contributed by atoms with Crippen LogP contribution in [0.5, 0.6) is 0 Å². The Morgan fingerprint density at radius 2 is 1.83 bits per heavy atom. The number of hydrogen-bond acceptors (Lipinski definition) is 4. The molecule has 0 bridgehead atoms. The molecular formula is C11H17N3O3S. The second kappa shape index (κ2) is 4.95. The van der Waals surface area contributed by atoms with Crippen LogP contribution >= 0.6 is 0 Å². The number of benzene rings is 1. The zero-order chi connectivity index (χ0) is 14.1. The lowest BCUT2D eigenvalue weighted by atomic mass is 10.1. The summed E-state index contributed by atoms with van der Waals surface area (Å²) in [6, 6.07) is 1.72. The van der Waals surface area contributed by atoms with Gasteiger partial charge in [-0.15, -0.1) is 0 Å². The van der Waals surface area contributed by atoms with Gasteiger partial charge in [0.1, 0.15) is 0 Å².